The van der Waals surface area contributed by atoms with Crippen molar-refractivity contribution < 1.29 is 18.0 Å². The maximum Gasteiger partial charge on any atom is 0.417 e. The molecule has 0 spiro atoms. The summed E-state index contributed by atoms with van der Waals surface area (Å²) in [5.41, 5.74) is -1.45. The maximum atomic E-state index is 12.7. The Morgan fingerprint density at radius 3 is 2.55 bits per heavy atom. The highest BCUT2D eigenvalue weighted by Crippen LogP contribution is 2.33. The highest BCUT2D eigenvalue weighted by molar-refractivity contribution is 5.90. The molecular formula is C14H15F3N2O. The van der Waals surface area contributed by atoms with Crippen molar-refractivity contribution in [3.8, 4) is 6.07 Å². The molecule has 1 N–H and O–H groups in total. The third kappa shape index (κ3) is 4.57. The predicted octanol–water partition coefficient (Wildman–Crippen LogP) is 3.95. The average molecular weight is 284 g/mol. The van der Waals surface area contributed by atoms with Crippen LogP contribution in [0.1, 0.15) is 37.8 Å². The zero-order valence-electron chi connectivity index (χ0n) is 11.2. The smallest absolute Gasteiger partial charge is 0.326 e. The normalized spacial score (nSPS) is 11.2. The van der Waals surface area contributed by atoms with E-state index in [1.807, 2.05) is 13.8 Å². The molecule has 6 heteroatoms. The summed E-state index contributed by atoms with van der Waals surface area (Å²) < 4.78 is 38.2. The molecule has 0 saturated heterocycles. The number of nitrogens with zero attached hydrogens (tertiary/aromatic N) is 1. The van der Waals surface area contributed by atoms with E-state index in [1.54, 1.807) is 0 Å². The average Bonchev–Trinajstić information content (AvgIpc) is 2.35. The van der Waals surface area contributed by atoms with Crippen LogP contribution in [0.15, 0.2) is 18.2 Å². The van der Waals surface area contributed by atoms with E-state index >= 15 is 0 Å². The highest BCUT2D eigenvalue weighted by Gasteiger charge is 2.33. The van der Waals surface area contributed by atoms with Gasteiger partial charge in [0.05, 0.1) is 17.2 Å². The van der Waals surface area contributed by atoms with Crippen molar-refractivity contribution in [1.82, 2.24) is 0 Å². The van der Waals surface area contributed by atoms with Gasteiger partial charge in [-0.3, -0.25) is 4.79 Å². The Hall–Kier alpha value is -2.03. The fourth-order valence-electron chi connectivity index (χ4n) is 1.60. The molecular weight excluding hydrogens is 269 g/mol. The summed E-state index contributed by atoms with van der Waals surface area (Å²) in [6.45, 7) is 3.91. The molecule has 0 atom stereocenters. The van der Waals surface area contributed by atoms with E-state index in [1.165, 1.54) is 12.1 Å². The summed E-state index contributed by atoms with van der Waals surface area (Å²) in [5, 5.41) is 11.1. The van der Waals surface area contributed by atoms with Gasteiger partial charge in [-0.05, 0) is 30.5 Å². The van der Waals surface area contributed by atoms with Crippen LogP contribution in [0.3, 0.4) is 0 Å². The monoisotopic (exact) mass is 284 g/mol. The number of nitrogens with one attached hydrogen (secondary N) is 1. The first-order valence-electron chi connectivity index (χ1n) is 6.15. The second-order valence-electron chi connectivity index (χ2n) is 4.85. The van der Waals surface area contributed by atoms with Crippen LogP contribution in [0, 0.1) is 17.2 Å². The van der Waals surface area contributed by atoms with Crippen LogP contribution < -0.4 is 5.32 Å². The minimum absolute atomic E-state index is 0.0464. The number of rotatable bonds is 4. The predicted molar refractivity (Wildman–Crippen MR) is 68.9 cm³/mol. The Labute approximate surface area is 115 Å². The van der Waals surface area contributed by atoms with Crippen LogP contribution in [0.4, 0.5) is 18.9 Å². The molecule has 0 bridgehead atoms. The van der Waals surface area contributed by atoms with E-state index in [9.17, 15) is 18.0 Å². The molecule has 0 radical (unpaired) electrons. The molecule has 1 rings (SSSR count). The Balaban J connectivity index is 2.88. The quantitative estimate of drug-likeness (QED) is 0.910. The molecule has 0 unspecified atom stereocenters. The summed E-state index contributed by atoms with van der Waals surface area (Å²) in [7, 11) is 0. The fraction of sp³-hybridized carbons (Fsp3) is 0.429. The summed E-state index contributed by atoms with van der Waals surface area (Å²) in [5.74, 6) is 0.00369. The second kappa shape index (κ2) is 6.42. The van der Waals surface area contributed by atoms with Crippen molar-refractivity contribution >= 4 is 11.6 Å². The first kappa shape index (κ1) is 16.0. The molecule has 1 aromatic rings. The van der Waals surface area contributed by atoms with Gasteiger partial charge in [0.2, 0.25) is 5.91 Å². The number of nitriles is 1. The van der Waals surface area contributed by atoms with Crippen LogP contribution in [-0.4, -0.2) is 5.91 Å². The Kier molecular flexibility index (Phi) is 5.14. The number of alkyl halides is 3. The lowest BCUT2D eigenvalue weighted by molar-refractivity contribution is -0.137. The van der Waals surface area contributed by atoms with E-state index in [2.05, 4.69) is 5.32 Å². The van der Waals surface area contributed by atoms with Crippen LogP contribution in [0.5, 0.6) is 0 Å². The van der Waals surface area contributed by atoms with Gasteiger partial charge < -0.3 is 5.32 Å². The lowest BCUT2D eigenvalue weighted by atomic mass is 10.1. The molecule has 108 valence electrons. The van der Waals surface area contributed by atoms with Gasteiger partial charge in [0.1, 0.15) is 0 Å². The molecule has 0 saturated carbocycles. The number of hydrogen-bond acceptors (Lipinski definition) is 2. The van der Waals surface area contributed by atoms with Crippen LogP contribution in [0.25, 0.3) is 0 Å². The molecule has 1 amide bonds. The second-order valence-corrected chi connectivity index (χ2v) is 4.85. The van der Waals surface area contributed by atoms with Crippen LogP contribution in [-0.2, 0) is 11.0 Å². The number of carbonyl (C=O) groups is 1. The Bertz CT molecular complexity index is 530. The van der Waals surface area contributed by atoms with Crippen molar-refractivity contribution in [1.29, 1.82) is 5.26 Å². The third-order valence-corrected chi connectivity index (χ3v) is 2.68. The SMILES string of the molecule is CC(C)CCC(=O)Nc1ccc(C#N)c(C(F)(F)F)c1. The van der Waals surface area contributed by atoms with E-state index in [-0.39, 0.29) is 18.0 Å². The molecule has 0 aromatic heterocycles. The summed E-state index contributed by atoms with van der Waals surface area (Å²) in [4.78, 5) is 11.6. The zero-order chi connectivity index (χ0) is 15.3. The number of amides is 1. The highest BCUT2D eigenvalue weighted by atomic mass is 19.4. The third-order valence-electron chi connectivity index (χ3n) is 2.68. The van der Waals surface area contributed by atoms with Gasteiger partial charge in [0.15, 0.2) is 0 Å². The first-order valence-corrected chi connectivity index (χ1v) is 6.15. The number of hydrogen-bond donors (Lipinski definition) is 1. The maximum absolute atomic E-state index is 12.7. The topological polar surface area (TPSA) is 52.9 Å². The number of carbonyl (C=O) groups excluding carboxylic acids is 1. The molecule has 3 nitrogen and oxygen atoms in total. The van der Waals surface area contributed by atoms with Crippen molar-refractivity contribution in [2.75, 3.05) is 5.32 Å². The van der Waals surface area contributed by atoms with Gasteiger partial charge in [-0.1, -0.05) is 13.8 Å². The molecule has 0 aliphatic carbocycles. The minimum Gasteiger partial charge on any atom is -0.326 e. The van der Waals surface area contributed by atoms with Crippen molar-refractivity contribution in [3.05, 3.63) is 29.3 Å². The van der Waals surface area contributed by atoms with Crippen LogP contribution >= 0.6 is 0 Å². The van der Waals surface area contributed by atoms with Crippen LogP contribution in [0.2, 0.25) is 0 Å². The minimum atomic E-state index is -4.62. The summed E-state index contributed by atoms with van der Waals surface area (Å²) in [6, 6.07) is 4.62. The molecule has 0 heterocycles. The number of anilines is 1. The molecule has 20 heavy (non-hydrogen) atoms. The molecule has 1 aromatic carbocycles. The van der Waals surface area contributed by atoms with Gasteiger partial charge in [-0.15, -0.1) is 0 Å². The van der Waals surface area contributed by atoms with Gasteiger partial charge >= 0.3 is 6.18 Å². The van der Waals surface area contributed by atoms with Crippen molar-refractivity contribution in [2.45, 2.75) is 32.9 Å². The summed E-state index contributed by atoms with van der Waals surface area (Å²) in [6.07, 6.45) is -3.71. The first-order chi connectivity index (χ1) is 9.24. The molecule has 0 aliphatic heterocycles. The lowest BCUT2D eigenvalue weighted by Crippen LogP contribution is -2.14. The van der Waals surface area contributed by atoms with Gasteiger partial charge in [-0.2, -0.15) is 18.4 Å². The summed E-state index contributed by atoms with van der Waals surface area (Å²) >= 11 is 0. The molecule has 0 fully saturated rings. The molecule has 0 aliphatic rings. The van der Waals surface area contributed by atoms with Crippen molar-refractivity contribution in [2.24, 2.45) is 5.92 Å². The Morgan fingerprint density at radius 2 is 2.05 bits per heavy atom. The largest absolute Gasteiger partial charge is 0.417 e. The van der Waals surface area contributed by atoms with E-state index in [0.717, 1.165) is 12.1 Å². The number of benzene rings is 1. The van der Waals surface area contributed by atoms with E-state index in [0.29, 0.717) is 12.3 Å². The van der Waals surface area contributed by atoms with E-state index in [4.69, 9.17) is 5.26 Å². The standard InChI is InChI=1S/C14H15F3N2O/c1-9(2)3-6-13(20)19-11-5-4-10(8-18)12(7-11)14(15,16)17/h4-5,7,9H,3,6H2,1-2H3,(H,19,20). The lowest BCUT2D eigenvalue weighted by Gasteiger charge is -2.12. The van der Waals surface area contributed by atoms with Gasteiger partial charge in [0, 0.05) is 12.1 Å². The van der Waals surface area contributed by atoms with E-state index < -0.39 is 17.3 Å². The Morgan fingerprint density at radius 1 is 1.40 bits per heavy atom. The van der Waals surface area contributed by atoms with Gasteiger partial charge in [0.25, 0.3) is 0 Å². The van der Waals surface area contributed by atoms with Gasteiger partial charge in [-0.25, -0.2) is 0 Å². The number of halogens is 3. The zero-order valence-corrected chi connectivity index (χ0v) is 11.2. The van der Waals surface area contributed by atoms with Crippen molar-refractivity contribution in [3.63, 3.8) is 0 Å². The fourth-order valence-corrected chi connectivity index (χ4v) is 1.60.